The van der Waals surface area contributed by atoms with E-state index in [0.29, 0.717) is 6.42 Å². The average molecular weight is 364 g/mol. The van der Waals surface area contributed by atoms with Crippen LogP contribution in [0, 0.1) is 0 Å². The van der Waals surface area contributed by atoms with Gasteiger partial charge in [-0.15, -0.1) is 24.8 Å². The summed E-state index contributed by atoms with van der Waals surface area (Å²) in [5.74, 6) is 1.03. The second-order valence-corrected chi connectivity index (χ2v) is 5.37. The average Bonchev–Trinajstić information content (AvgIpc) is 2.55. The highest BCUT2D eigenvalue weighted by atomic mass is 35.5. The van der Waals surface area contributed by atoms with Gasteiger partial charge in [0.2, 0.25) is 11.9 Å². The Balaban J connectivity index is 0.00000242. The SMILES string of the molecule is Cl.Cl.NCCCCCCC(=O)N1CCN(c2ncccn2)CC1. The lowest BCUT2D eigenvalue weighted by Crippen LogP contribution is -2.49. The summed E-state index contributed by atoms with van der Waals surface area (Å²) < 4.78 is 0. The van der Waals surface area contributed by atoms with Crippen molar-refractivity contribution >= 4 is 36.7 Å². The lowest BCUT2D eigenvalue weighted by atomic mass is 10.1. The van der Waals surface area contributed by atoms with Crippen molar-refractivity contribution < 1.29 is 4.79 Å². The van der Waals surface area contributed by atoms with Crippen LogP contribution in [0.1, 0.15) is 32.1 Å². The number of piperazine rings is 1. The normalized spacial score (nSPS) is 14.0. The van der Waals surface area contributed by atoms with Crippen molar-refractivity contribution in [2.24, 2.45) is 5.73 Å². The van der Waals surface area contributed by atoms with Crippen molar-refractivity contribution in [2.75, 3.05) is 37.6 Å². The molecular formula is C15H27Cl2N5O. The van der Waals surface area contributed by atoms with Crippen molar-refractivity contribution in [3.8, 4) is 0 Å². The first kappa shape index (κ1) is 21.9. The molecule has 0 unspecified atom stereocenters. The zero-order valence-electron chi connectivity index (χ0n) is 13.4. The Labute approximate surface area is 150 Å². The third-order valence-electron chi connectivity index (χ3n) is 3.81. The molecule has 1 aliphatic heterocycles. The minimum Gasteiger partial charge on any atom is -0.339 e. The second kappa shape index (κ2) is 12.3. The number of nitrogens with two attached hydrogens (primary N) is 1. The highest BCUT2D eigenvalue weighted by molar-refractivity contribution is 5.85. The van der Waals surface area contributed by atoms with Crippen LogP contribution in [0.5, 0.6) is 0 Å². The molecule has 2 N–H and O–H groups in total. The van der Waals surface area contributed by atoms with Gasteiger partial charge in [0, 0.05) is 45.0 Å². The Morgan fingerprint density at radius 2 is 1.61 bits per heavy atom. The number of unbranched alkanes of at least 4 members (excludes halogenated alkanes) is 3. The Morgan fingerprint density at radius 3 is 2.22 bits per heavy atom. The zero-order chi connectivity index (χ0) is 14.9. The topological polar surface area (TPSA) is 75.4 Å². The summed E-state index contributed by atoms with van der Waals surface area (Å²) in [4.78, 5) is 24.7. The standard InChI is InChI=1S/C15H25N5O.2ClH/c16-7-4-2-1-3-6-14(21)19-10-12-20(13-11-19)15-17-8-5-9-18-15;;/h5,8-9H,1-4,6-7,10-13,16H2;2*1H. The van der Waals surface area contributed by atoms with Gasteiger partial charge in [0.05, 0.1) is 0 Å². The number of halogens is 2. The molecule has 132 valence electrons. The van der Waals surface area contributed by atoms with E-state index in [1.54, 1.807) is 12.4 Å². The first-order valence-electron chi connectivity index (χ1n) is 7.81. The molecule has 1 fully saturated rings. The van der Waals surface area contributed by atoms with E-state index in [4.69, 9.17) is 5.73 Å². The Morgan fingerprint density at radius 1 is 1.00 bits per heavy atom. The molecule has 1 aliphatic rings. The van der Waals surface area contributed by atoms with Gasteiger partial charge in [0.25, 0.3) is 0 Å². The number of hydrogen-bond donors (Lipinski definition) is 1. The van der Waals surface area contributed by atoms with Gasteiger partial charge in [-0.1, -0.05) is 12.8 Å². The Kier molecular flexibility index (Phi) is 11.7. The molecule has 0 aromatic carbocycles. The number of amides is 1. The van der Waals surface area contributed by atoms with Crippen LogP contribution in [0.3, 0.4) is 0 Å². The molecule has 8 heteroatoms. The summed E-state index contributed by atoms with van der Waals surface area (Å²) in [5, 5.41) is 0. The van der Waals surface area contributed by atoms with Gasteiger partial charge in [-0.05, 0) is 25.5 Å². The molecule has 2 rings (SSSR count). The summed E-state index contributed by atoms with van der Waals surface area (Å²) in [6, 6.07) is 1.81. The number of carbonyl (C=O) groups is 1. The van der Waals surface area contributed by atoms with Gasteiger partial charge < -0.3 is 15.5 Å². The lowest BCUT2D eigenvalue weighted by molar-refractivity contribution is -0.131. The zero-order valence-corrected chi connectivity index (χ0v) is 15.0. The molecule has 1 saturated heterocycles. The number of carbonyl (C=O) groups excluding carboxylic acids is 1. The highest BCUT2D eigenvalue weighted by Gasteiger charge is 2.21. The Bertz CT molecular complexity index is 427. The van der Waals surface area contributed by atoms with Gasteiger partial charge in [0.1, 0.15) is 0 Å². The lowest BCUT2D eigenvalue weighted by Gasteiger charge is -2.34. The number of hydrogen-bond acceptors (Lipinski definition) is 5. The van der Waals surface area contributed by atoms with Gasteiger partial charge in [0.15, 0.2) is 0 Å². The molecule has 0 atom stereocenters. The molecular weight excluding hydrogens is 337 g/mol. The quantitative estimate of drug-likeness (QED) is 0.748. The third kappa shape index (κ3) is 7.33. The molecule has 23 heavy (non-hydrogen) atoms. The molecule has 0 radical (unpaired) electrons. The maximum Gasteiger partial charge on any atom is 0.225 e. The summed E-state index contributed by atoms with van der Waals surface area (Å²) in [7, 11) is 0. The molecule has 1 amide bonds. The van der Waals surface area contributed by atoms with Crippen LogP contribution in [-0.4, -0.2) is 53.5 Å². The van der Waals surface area contributed by atoms with Crippen molar-refractivity contribution in [3.63, 3.8) is 0 Å². The fourth-order valence-electron chi connectivity index (χ4n) is 2.54. The minimum atomic E-state index is 0. The summed E-state index contributed by atoms with van der Waals surface area (Å²) in [5.41, 5.74) is 5.46. The van der Waals surface area contributed by atoms with Crippen molar-refractivity contribution in [2.45, 2.75) is 32.1 Å². The van der Waals surface area contributed by atoms with Crippen LogP contribution < -0.4 is 10.6 Å². The second-order valence-electron chi connectivity index (χ2n) is 5.37. The van der Waals surface area contributed by atoms with E-state index in [-0.39, 0.29) is 30.7 Å². The van der Waals surface area contributed by atoms with Crippen LogP contribution in [0.25, 0.3) is 0 Å². The fourth-order valence-corrected chi connectivity index (χ4v) is 2.54. The molecule has 2 heterocycles. The van der Waals surface area contributed by atoms with E-state index >= 15 is 0 Å². The van der Waals surface area contributed by atoms with E-state index in [1.807, 2.05) is 11.0 Å². The molecule has 1 aromatic heterocycles. The van der Waals surface area contributed by atoms with Crippen LogP contribution in [0.2, 0.25) is 0 Å². The fraction of sp³-hybridized carbons (Fsp3) is 0.667. The third-order valence-corrected chi connectivity index (χ3v) is 3.81. The highest BCUT2D eigenvalue weighted by Crippen LogP contribution is 2.12. The maximum atomic E-state index is 12.1. The van der Waals surface area contributed by atoms with Gasteiger partial charge in [-0.3, -0.25) is 4.79 Å². The minimum absolute atomic E-state index is 0. The first-order valence-corrected chi connectivity index (χ1v) is 7.81. The van der Waals surface area contributed by atoms with Crippen molar-refractivity contribution in [1.82, 2.24) is 14.9 Å². The van der Waals surface area contributed by atoms with Crippen LogP contribution in [0.4, 0.5) is 5.95 Å². The van der Waals surface area contributed by atoms with Crippen molar-refractivity contribution in [3.05, 3.63) is 18.5 Å². The molecule has 0 spiro atoms. The summed E-state index contributed by atoms with van der Waals surface area (Å²) in [6.45, 7) is 3.89. The number of aromatic nitrogens is 2. The van der Waals surface area contributed by atoms with Crippen LogP contribution >= 0.6 is 24.8 Å². The van der Waals surface area contributed by atoms with E-state index in [0.717, 1.165) is 64.4 Å². The molecule has 0 bridgehead atoms. The molecule has 0 saturated carbocycles. The predicted octanol–water partition coefficient (Wildman–Crippen LogP) is 1.88. The number of rotatable bonds is 7. The van der Waals surface area contributed by atoms with Crippen molar-refractivity contribution in [1.29, 1.82) is 0 Å². The molecule has 0 aliphatic carbocycles. The molecule has 1 aromatic rings. The number of nitrogens with zero attached hydrogens (tertiary/aromatic N) is 4. The summed E-state index contributed by atoms with van der Waals surface area (Å²) >= 11 is 0. The molecule has 6 nitrogen and oxygen atoms in total. The maximum absolute atomic E-state index is 12.1. The smallest absolute Gasteiger partial charge is 0.225 e. The number of anilines is 1. The summed E-state index contributed by atoms with van der Waals surface area (Å²) in [6.07, 6.45) is 8.42. The van der Waals surface area contributed by atoms with Gasteiger partial charge >= 0.3 is 0 Å². The van der Waals surface area contributed by atoms with E-state index in [2.05, 4.69) is 14.9 Å². The van der Waals surface area contributed by atoms with E-state index < -0.39 is 0 Å². The monoisotopic (exact) mass is 363 g/mol. The predicted molar refractivity (Wildman–Crippen MR) is 97.5 cm³/mol. The largest absolute Gasteiger partial charge is 0.339 e. The van der Waals surface area contributed by atoms with E-state index in [9.17, 15) is 4.79 Å². The van der Waals surface area contributed by atoms with Gasteiger partial charge in [-0.25, -0.2) is 9.97 Å². The van der Waals surface area contributed by atoms with Gasteiger partial charge in [-0.2, -0.15) is 0 Å². The first-order chi connectivity index (χ1) is 10.3. The Hall–Kier alpha value is -1.11. The van der Waals surface area contributed by atoms with E-state index in [1.165, 1.54) is 0 Å². The van der Waals surface area contributed by atoms with Crippen LogP contribution in [0.15, 0.2) is 18.5 Å². The van der Waals surface area contributed by atoms with Crippen LogP contribution in [-0.2, 0) is 4.79 Å².